The lowest BCUT2D eigenvalue weighted by Gasteiger charge is -2.30. The molecule has 1 unspecified atom stereocenters. The second-order valence-corrected chi connectivity index (χ2v) is 7.22. The maximum atomic E-state index is 12.8. The summed E-state index contributed by atoms with van der Waals surface area (Å²) in [7, 11) is 0. The highest BCUT2D eigenvalue weighted by molar-refractivity contribution is 7.13. The van der Waals surface area contributed by atoms with Crippen LogP contribution in [0.2, 0.25) is 5.02 Å². The molecular weight excluding hydrogens is 292 g/mol. The van der Waals surface area contributed by atoms with Gasteiger partial charge in [-0.05, 0) is 62.6 Å². The molecule has 1 aliphatic carbocycles. The molecule has 20 heavy (non-hydrogen) atoms. The smallest absolute Gasteiger partial charge is 0.265 e. The zero-order valence-electron chi connectivity index (χ0n) is 11.8. The zero-order valence-corrected chi connectivity index (χ0v) is 13.4. The molecule has 3 rings (SSSR count). The van der Waals surface area contributed by atoms with Gasteiger partial charge in [-0.1, -0.05) is 11.6 Å². The number of halogens is 1. The Balaban J connectivity index is 1.73. The van der Waals surface area contributed by atoms with E-state index in [9.17, 15) is 4.79 Å². The standard InChI is InChI=1S/C15H21ClN2OS/c1-10-9-20-14(13(10)16)15(19)18(12-4-5-12)8-11-3-2-6-17-7-11/h9,11-12,17H,2-8H2,1H3. The first-order valence-electron chi connectivity index (χ1n) is 7.42. The van der Waals surface area contributed by atoms with Gasteiger partial charge in [-0.2, -0.15) is 0 Å². The molecule has 2 aliphatic rings. The zero-order chi connectivity index (χ0) is 14.1. The predicted molar refractivity (Wildman–Crippen MR) is 83.7 cm³/mol. The van der Waals surface area contributed by atoms with Crippen molar-refractivity contribution in [2.75, 3.05) is 19.6 Å². The molecule has 1 aromatic heterocycles. The summed E-state index contributed by atoms with van der Waals surface area (Å²) in [4.78, 5) is 15.6. The van der Waals surface area contributed by atoms with Crippen LogP contribution in [0.15, 0.2) is 5.38 Å². The van der Waals surface area contributed by atoms with Gasteiger partial charge in [0.05, 0.1) is 5.02 Å². The van der Waals surface area contributed by atoms with Crippen LogP contribution in [-0.2, 0) is 0 Å². The number of carbonyl (C=O) groups is 1. The third-order valence-corrected chi connectivity index (χ3v) is 5.88. The lowest BCUT2D eigenvalue weighted by atomic mass is 9.99. The van der Waals surface area contributed by atoms with Crippen molar-refractivity contribution in [1.29, 1.82) is 0 Å². The molecule has 1 aromatic rings. The molecular formula is C15H21ClN2OS. The van der Waals surface area contributed by atoms with Crippen LogP contribution >= 0.6 is 22.9 Å². The number of piperidine rings is 1. The van der Waals surface area contributed by atoms with Crippen LogP contribution in [0.25, 0.3) is 0 Å². The summed E-state index contributed by atoms with van der Waals surface area (Å²) in [5, 5.41) is 6.05. The van der Waals surface area contributed by atoms with Crippen LogP contribution in [0, 0.1) is 12.8 Å². The third kappa shape index (κ3) is 3.02. The van der Waals surface area contributed by atoms with Gasteiger partial charge in [0.2, 0.25) is 0 Å². The average molecular weight is 313 g/mol. The molecule has 1 amide bonds. The monoisotopic (exact) mass is 312 g/mol. The molecule has 1 aliphatic heterocycles. The van der Waals surface area contributed by atoms with Crippen molar-refractivity contribution in [2.45, 2.75) is 38.6 Å². The minimum Gasteiger partial charge on any atom is -0.335 e. The number of aryl methyl sites for hydroxylation is 1. The van der Waals surface area contributed by atoms with Crippen molar-refractivity contribution >= 4 is 28.8 Å². The molecule has 2 fully saturated rings. The molecule has 0 aromatic carbocycles. The summed E-state index contributed by atoms with van der Waals surface area (Å²) in [6, 6.07) is 0.447. The van der Waals surface area contributed by atoms with Gasteiger partial charge >= 0.3 is 0 Å². The summed E-state index contributed by atoms with van der Waals surface area (Å²) in [5.41, 5.74) is 1.01. The summed E-state index contributed by atoms with van der Waals surface area (Å²) in [6.45, 7) is 4.99. The van der Waals surface area contributed by atoms with Gasteiger partial charge in [-0.15, -0.1) is 11.3 Å². The molecule has 1 N–H and O–H groups in total. The van der Waals surface area contributed by atoms with Crippen LogP contribution in [-0.4, -0.2) is 36.5 Å². The molecule has 3 nitrogen and oxygen atoms in total. The molecule has 1 atom stereocenters. The number of carbonyl (C=O) groups excluding carboxylic acids is 1. The molecule has 1 saturated carbocycles. The molecule has 0 bridgehead atoms. The minimum atomic E-state index is 0.140. The number of rotatable bonds is 4. The van der Waals surface area contributed by atoms with Crippen LogP contribution in [0.3, 0.4) is 0 Å². The van der Waals surface area contributed by atoms with Crippen LogP contribution in [0.1, 0.15) is 40.9 Å². The number of nitrogens with zero attached hydrogens (tertiary/aromatic N) is 1. The lowest BCUT2D eigenvalue weighted by Crippen LogP contribution is -2.42. The predicted octanol–water partition coefficient (Wildman–Crippen LogP) is 3.31. The van der Waals surface area contributed by atoms with E-state index in [0.717, 1.165) is 42.9 Å². The van der Waals surface area contributed by atoms with Crippen molar-refractivity contribution < 1.29 is 4.79 Å². The molecule has 0 spiro atoms. The Kier molecular flexibility index (Phi) is 4.34. The summed E-state index contributed by atoms with van der Waals surface area (Å²) in [5.74, 6) is 0.731. The van der Waals surface area contributed by atoms with Crippen molar-refractivity contribution in [1.82, 2.24) is 10.2 Å². The third-order valence-electron chi connectivity index (χ3n) is 4.20. The quantitative estimate of drug-likeness (QED) is 0.925. The number of hydrogen-bond donors (Lipinski definition) is 1. The van der Waals surface area contributed by atoms with E-state index < -0.39 is 0 Å². The molecule has 0 radical (unpaired) electrons. The Morgan fingerprint density at radius 3 is 2.85 bits per heavy atom. The topological polar surface area (TPSA) is 32.3 Å². The molecule has 2 heterocycles. The van der Waals surface area contributed by atoms with E-state index >= 15 is 0 Å². The molecule has 110 valence electrons. The molecule has 1 saturated heterocycles. The van der Waals surface area contributed by atoms with E-state index in [2.05, 4.69) is 10.2 Å². The van der Waals surface area contributed by atoms with Gasteiger partial charge in [0.25, 0.3) is 5.91 Å². The van der Waals surface area contributed by atoms with Gasteiger partial charge < -0.3 is 10.2 Å². The van der Waals surface area contributed by atoms with Crippen LogP contribution in [0.4, 0.5) is 0 Å². The Morgan fingerprint density at radius 1 is 1.50 bits per heavy atom. The van der Waals surface area contributed by atoms with Crippen LogP contribution < -0.4 is 5.32 Å². The largest absolute Gasteiger partial charge is 0.335 e. The van der Waals surface area contributed by atoms with Crippen molar-refractivity contribution in [3.8, 4) is 0 Å². The van der Waals surface area contributed by atoms with E-state index in [1.807, 2.05) is 12.3 Å². The van der Waals surface area contributed by atoms with Crippen molar-refractivity contribution in [3.05, 3.63) is 20.8 Å². The van der Waals surface area contributed by atoms with E-state index in [-0.39, 0.29) is 5.91 Å². The second-order valence-electron chi connectivity index (χ2n) is 5.96. The summed E-state index contributed by atoms with van der Waals surface area (Å²) < 4.78 is 0. The average Bonchev–Trinajstić information content (AvgIpc) is 3.25. The Morgan fingerprint density at radius 2 is 2.30 bits per heavy atom. The number of amides is 1. The maximum Gasteiger partial charge on any atom is 0.265 e. The van der Waals surface area contributed by atoms with Gasteiger partial charge in [-0.3, -0.25) is 4.79 Å². The first-order valence-corrected chi connectivity index (χ1v) is 8.68. The number of nitrogens with one attached hydrogen (secondary N) is 1. The fourth-order valence-electron chi connectivity index (χ4n) is 2.85. The first kappa shape index (κ1) is 14.4. The highest BCUT2D eigenvalue weighted by atomic mass is 35.5. The lowest BCUT2D eigenvalue weighted by molar-refractivity contribution is 0.0709. The van der Waals surface area contributed by atoms with E-state index in [1.54, 1.807) is 0 Å². The van der Waals surface area contributed by atoms with Gasteiger partial charge in [-0.25, -0.2) is 0 Å². The fraction of sp³-hybridized carbons (Fsp3) is 0.667. The van der Waals surface area contributed by atoms with Gasteiger partial charge in [0, 0.05) is 12.6 Å². The Labute approximate surface area is 129 Å². The van der Waals surface area contributed by atoms with Crippen molar-refractivity contribution in [2.24, 2.45) is 5.92 Å². The number of thiophene rings is 1. The van der Waals surface area contributed by atoms with Crippen molar-refractivity contribution in [3.63, 3.8) is 0 Å². The highest BCUT2D eigenvalue weighted by Crippen LogP contribution is 2.34. The maximum absolute atomic E-state index is 12.8. The SMILES string of the molecule is Cc1csc(C(=O)N(CC2CCCNC2)C2CC2)c1Cl. The van der Waals surface area contributed by atoms with Gasteiger partial charge in [0.1, 0.15) is 4.88 Å². The van der Waals surface area contributed by atoms with Crippen LogP contribution in [0.5, 0.6) is 0 Å². The van der Waals surface area contributed by atoms with E-state index in [1.165, 1.54) is 24.2 Å². The Bertz CT molecular complexity index is 492. The van der Waals surface area contributed by atoms with E-state index in [4.69, 9.17) is 11.6 Å². The van der Waals surface area contributed by atoms with Gasteiger partial charge in [0.15, 0.2) is 0 Å². The summed E-state index contributed by atoms with van der Waals surface area (Å²) >= 11 is 7.75. The highest BCUT2D eigenvalue weighted by Gasteiger charge is 2.36. The second kappa shape index (κ2) is 6.04. The first-order chi connectivity index (χ1) is 9.66. The van der Waals surface area contributed by atoms with E-state index in [0.29, 0.717) is 17.0 Å². The molecule has 5 heteroatoms. The Hall–Kier alpha value is -0.580. The fourth-order valence-corrected chi connectivity index (χ4v) is 4.08. The number of hydrogen-bond acceptors (Lipinski definition) is 3. The summed E-state index contributed by atoms with van der Waals surface area (Å²) in [6.07, 6.45) is 4.73. The normalized spacial score (nSPS) is 22.8. The minimum absolute atomic E-state index is 0.140.